The van der Waals surface area contributed by atoms with E-state index in [1.54, 1.807) is 25.4 Å². The lowest BCUT2D eigenvalue weighted by molar-refractivity contribution is -0.122. The molecule has 1 saturated heterocycles. The van der Waals surface area contributed by atoms with Gasteiger partial charge >= 0.3 is 0 Å². The Hall–Kier alpha value is -1.69. The summed E-state index contributed by atoms with van der Waals surface area (Å²) in [4.78, 5) is 22.3. The van der Waals surface area contributed by atoms with Gasteiger partial charge in [0.15, 0.2) is 0 Å². The molecule has 0 aromatic carbocycles. The molecular weight excluding hydrogens is 232 g/mol. The van der Waals surface area contributed by atoms with Crippen LogP contribution < -0.4 is 10.2 Å². The number of rotatable bonds is 4. The lowest BCUT2D eigenvalue weighted by atomic mass is 10.2. The molecule has 1 fully saturated rings. The highest BCUT2D eigenvalue weighted by atomic mass is 16.3. The highest BCUT2D eigenvalue weighted by Crippen LogP contribution is 2.21. The van der Waals surface area contributed by atoms with E-state index in [0.717, 1.165) is 19.4 Å². The molecule has 1 aromatic rings. The minimum Gasteiger partial charge on any atom is -0.392 e. The van der Waals surface area contributed by atoms with E-state index in [4.69, 9.17) is 0 Å². The maximum atomic E-state index is 12.0. The third-order valence-electron chi connectivity index (χ3n) is 2.94. The summed E-state index contributed by atoms with van der Waals surface area (Å²) in [5, 5.41) is 11.9. The van der Waals surface area contributed by atoms with Gasteiger partial charge in [0, 0.05) is 25.5 Å². The number of anilines is 1. The summed E-state index contributed by atoms with van der Waals surface area (Å²) in [6.07, 6.45) is 4.56. The summed E-state index contributed by atoms with van der Waals surface area (Å²) in [6.45, 7) is 2.71. The maximum absolute atomic E-state index is 12.0. The van der Waals surface area contributed by atoms with Crippen LogP contribution >= 0.6 is 0 Å². The molecule has 6 nitrogen and oxygen atoms in total. The number of carbonyl (C=O) groups excluding carboxylic acids is 1. The van der Waals surface area contributed by atoms with Crippen molar-refractivity contribution in [3.63, 3.8) is 0 Å². The first-order chi connectivity index (χ1) is 8.68. The van der Waals surface area contributed by atoms with E-state index < -0.39 is 6.10 Å². The quantitative estimate of drug-likeness (QED) is 0.783. The van der Waals surface area contributed by atoms with Crippen LogP contribution in [0.5, 0.6) is 0 Å². The van der Waals surface area contributed by atoms with Gasteiger partial charge < -0.3 is 15.3 Å². The molecular formula is C12H18N4O2. The average Bonchev–Trinajstić information content (AvgIpc) is 2.86. The molecule has 1 amide bonds. The minimum absolute atomic E-state index is 0.0687. The lowest BCUT2D eigenvalue weighted by Gasteiger charge is -2.23. The van der Waals surface area contributed by atoms with Crippen LogP contribution in [0.3, 0.4) is 0 Å². The van der Waals surface area contributed by atoms with Crippen molar-refractivity contribution in [1.82, 2.24) is 15.3 Å². The Labute approximate surface area is 106 Å². The van der Waals surface area contributed by atoms with Crippen LogP contribution in [0.4, 0.5) is 5.95 Å². The summed E-state index contributed by atoms with van der Waals surface area (Å²) >= 11 is 0. The van der Waals surface area contributed by atoms with E-state index in [9.17, 15) is 9.90 Å². The normalized spacial score (nSPS) is 20.8. The number of nitrogens with zero attached hydrogens (tertiary/aromatic N) is 3. The van der Waals surface area contributed by atoms with Crippen LogP contribution in [-0.4, -0.2) is 46.2 Å². The van der Waals surface area contributed by atoms with Crippen molar-refractivity contribution in [2.45, 2.75) is 31.9 Å². The zero-order valence-electron chi connectivity index (χ0n) is 10.4. The molecule has 0 bridgehead atoms. The van der Waals surface area contributed by atoms with Gasteiger partial charge in [0.25, 0.3) is 0 Å². The van der Waals surface area contributed by atoms with Gasteiger partial charge in [0.05, 0.1) is 6.10 Å². The SMILES string of the molecule is C[C@@H](O)CNC(=O)C1CCCN1c1ncccn1. The van der Waals surface area contributed by atoms with Gasteiger partial charge in [-0.2, -0.15) is 0 Å². The number of aliphatic hydroxyl groups excluding tert-OH is 1. The zero-order valence-corrected chi connectivity index (χ0v) is 10.4. The van der Waals surface area contributed by atoms with Crippen LogP contribution in [0.15, 0.2) is 18.5 Å². The van der Waals surface area contributed by atoms with Gasteiger partial charge in [-0.3, -0.25) is 4.79 Å². The molecule has 0 aliphatic carbocycles. The Bertz CT molecular complexity index is 396. The third-order valence-corrected chi connectivity index (χ3v) is 2.94. The monoisotopic (exact) mass is 250 g/mol. The van der Waals surface area contributed by atoms with Crippen molar-refractivity contribution in [3.05, 3.63) is 18.5 Å². The molecule has 1 aliphatic rings. The van der Waals surface area contributed by atoms with Crippen LogP contribution in [0, 0.1) is 0 Å². The topological polar surface area (TPSA) is 78.4 Å². The van der Waals surface area contributed by atoms with E-state index in [0.29, 0.717) is 5.95 Å². The van der Waals surface area contributed by atoms with Crippen LogP contribution in [0.1, 0.15) is 19.8 Å². The maximum Gasteiger partial charge on any atom is 0.242 e. The molecule has 6 heteroatoms. The summed E-state index contributed by atoms with van der Waals surface area (Å²) in [5.41, 5.74) is 0. The van der Waals surface area contributed by atoms with E-state index >= 15 is 0 Å². The molecule has 0 saturated carbocycles. The standard InChI is InChI=1S/C12H18N4O2/c1-9(17)8-15-11(18)10-4-2-7-16(10)12-13-5-3-6-14-12/h3,5-6,9-10,17H,2,4,7-8H2,1H3,(H,15,18)/t9-,10?/m1/s1. The molecule has 2 heterocycles. The number of aliphatic hydroxyl groups is 1. The summed E-state index contributed by atoms with van der Waals surface area (Å²) in [5.74, 6) is 0.521. The Morgan fingerprint density at radius 3 is 3.00 bits per heavy atom. The highest BCUT2D eigenvalue weighted by molar-refractivity contribution is 5.85. The highest BCUT2D eigenvalue weighted by Gasteiger charge is 2.32. The molecule has 2 atom stereocenters. The van der Waals surface area contributed by atoms with Gasteiger partial charge in [0.2, 0.25) is 11.9 Å². The van der Waals surface area contributed by atoms with Crippen LogP contribution in [-0.2, 0) is 4.79 Å². The van der Waals surface area contributed by atoms with Crippen molar-refractivity contribution in [2.24, 2.45) is 0 Å². The minimum atomic E-state index is -0.531. The molecule has 1 unspecified atom stereocenters. The zero-order chi connectivity index (χ0) is 13.0. The van der Waals surface area contributed by atoms with Gasteiger partial charge in [-0.15, -0.1) is 0 Å². The predicted molar refractivity (Wildman–Crippen MR) is 67.1 cm³/mol. The molecule has 0 spiro atoms. The number of aromatic nitrogens is 2. The number of nitrogens with one attached hydrogen (secondary N) is 1. The van der Waals surface area contributed by atoms with Crippen molar-refractivity contribution in [1.29, 1.82) is 0 Å². The molecule has 18 heavy (non-hydrogen) atoms. The first kappa shape index (κ1) is 12.8. The predicted octanol–water partition coefficient (Wildman–Crippen LogP) is -0.0576. The van der Waals surface area contributed by atoms with Crippen molar-refractivity contribution < 1.29 is 9.90 Å². The lowest BCUT2D eigenvalue weighted by Crippen LogP contribution is -2.45. The Kier molecular flexibility index (Phi) is 4.09. The molecule has 1 aromatic heterocycles. The molecule has 98 valence electrons. The van der Waals surface area contributed by atoms with E-state index in [1.807, 2.05) is 4.90 Å². The molecule has 1 aliphatic heterocycles. The molecule has 0 radical (unpaired) electrons. The number of hydrogen-bond donors (Lipinski definition) is 2. The van der Waals surface area contributed by atoms with E-state index in [1.165, 1.54) is 0 Å². The second-order valence-electron chi connectivity index (χ2n) is 4.49. The number of carbonyl (C=O) groups is 1. The fourth-order valence-electron chi connectivity index (χ4n) is 2.08. The Morgan fingerprint density at radius 1 is 1.61 bits per heavy atom. The van der Waals surface area contributed by atoms with Gasteiger partial charge in [-0.05, 0) is 25.8 Å². The fraction of sp³-hybridized carbons (Fsp3) is 0.583. The van der Waals surface area contributed by atoms with Crippen LogP contribution in [0.25, 0.3) is 0 Å². The summed E-state index contributed by atoms with van der Waals surface area (Å²) in [7, 11) is 0. The van der Waals surface area contributed by atoms with Gasteiger partial charge in [-0.1, -0.05) is 0 Å². The first-order valence-electron chi connectivity index (χ1n) is 6.18. The average molecular weight is 250 g/mol. The van der Waals surface area contributed by atoms with Gasteiger partial charge in [-0.25, -0.2) is 9.97 Å². The first-order valence-corrected chi connectivity index (χ1v) is 6.18. The summed E-state index contributed by atoms with van der Waals surface area (Å²) < 4.78 is 0. The fourth-order valence-corrected chi connectivity index (χ4v) is 2.08. The Morgan fingerprint density at radius 2 is 2.33 bits per heavy atom. The molecule has 2 N–H and O–H groups in total. The van der Waals surface area contributed by atoms with Gasteiger partial charge in [0.1, 0.15) is 6.04 Å². The number of hydrogen-bond acceptors (Lipinski definition) is 5. The van der Waals surface area contributed by atoms with E-state index in [2.05, 4.69) is 15.3 Å². The van der Waals surface area contributed by atoms with E-state index in [-0.39, 0.29) is 18.5 Å². The smallest absolute Gasteiger partial charge is 0.242 e. The number of amides is 1. The molecule has 2 rings (SSSR count). The van der Waals surface area contributed by atoms with Crippen molar-refractivity contribution >= 4 is 11.9 Å². The third kappa shape index (κ3) is 2.95. The van der Waals surface area contributed by atoms with Crippen molar-refractivity contribution in [2.75, 3.05) is 18.0 Å². The Balaban J connectivity index is 2.01. The van der Waals surface area contributed by atoms with Crippen molar-refractivity contribution in [3.8, 4) is 0 Å². The van der Waals surface area contributed by atoms with Crippen LogP contribution in [0.2, 0.25) is 0 Å². The second kappa shape index (κ2) is 5.77. The summed E-state index contributed by atoms with van der Waals surface area (Å²) in [6, 6.07) is 1.52. The second-order valence-corrected chi connectivity index (χ2v) is 4.49. The largest absolute Gasteiger partial charge is 0.392 e.